The number of H-pyrrole nitrogens is 1. The number of piperazine rings is 1. The van der Waals surface area contributed by atoms with Crippen molar-refractivity contribution in [2.75, 3.05) is 25.0 Å². The fraction of sp³-hybridized carbons (Fsp3) is 0.429. The molecule has 10 heteroatoms. The van der Waals surface area contributed by atoms with Gasteiger partial charge in [0.25, 0.3) is 11.5 Å². The van der Waals surface area contributed by atoms with Gasteiger partial charge in [-0.1, -0.05) is 6.92 Å². The lowest BCUT2D eigenvalue weighted by atomic mass is 10.2. The molecular weight excluding hydrogens is 401 g/mol. The van der Waals surface area contributed by atoms with E-state index in [2.05, 4.69) is 25.3 Å². The maximum Gasteiger partial charge on any atom is 0.269 e. The molecule has 0 radical (unpaired) electrons. The summed E-state index contributed by atoms with van der Waals surface area (Å²) in [6.45, 7) is 4.06. The fourth-order valence-corrected chi connectivity index (χ4v) is 4.43. The molecule has 0 bridgehead atoms. The smallest absolute Gasteiger partial charge is 0.269 e. The van der Waals surface area contributed by atoms with Crippen molar-refractivity contribution < 1.29 is 9.18 Å². The Morgan fingerprint density at radius 2 is 2.16 bits per heavy atom. The molecule has 2 atom stereocenters. The summed E-state index contributed by atoms with van der Waals surface area (Å²) in [6.07, 6.45) is 3.39. The van der Waals surface area contributed by atoms with Gasteiger partial charge in [-0.15, -0.1) is 0 Å². The van der Waals surface area contributed by atoms with E-state index in [1.165, 1.54) is 7.05 Å². The zero-order valence-electron chi connectivity index (χ0n) is 17.4. The number of fused-ring (bicyclic) bond motifs is 2. The number of carbonyl (C=O) groups excluding carboxylic acids is 1. The van der Waals surface area contributed by atoms with E-state index in [-0.39, 0.29) is 17.3 Å². The zero-order valence-corrected chi connectivity index (χ0v) is 17.4. The second kappa shape index (κ2) is 7.45. The number of carbonyl (C=O) groups is 1. The number of hydrogen-bond donors (Lipinski definition) is 2. The van der Waals surface area contributed by atoms with Crippen LogP contribution in [0.3, 0.4) is 0 Å². The van der Waals surface area contributed by atoms with Gasteiger partial charge >= 0.3 is 0 Å². The van der Waals surface area contributed by atoms with Crippen LogP contribution < -0.4 is 15.8 Å². The molecule has 1 saturated carbocycles. The molecule has 0 spiro atoms. The lowest BCUT2D eigenvalue weighted by Gasteiger charge is -2.35. The third kappa shape index (κ3) is 3.46. The highest BCUT2D eigenvalue weighted by Crippen LogP contribution is 2.40. The molecule has 4 heterocycles. The van der Waals surface area contributed by atoms with E-state index in [4.69, 9.17) is 0 Å². The number of aromatic amines is 1. The van der Waals surface area contributed by atoms with Gasteiger partial charge in [0.1, 0.15) is 11.3 Å². The van der Waals surface area contributed by atoms with E-state index >= 15 is 0 Å². The van der Waals surface area contributed by atoms with Gasteiger partial charge in [-0.05, 0) is 25.0 Å². The second-order valence-electron chi connectivity index (χ2n) is 8.05. The molecule has 31 heavy (non-hydrogen) atoms. The molecule has 2 aliphatic rings. The summed E-state index contributed by atoms with van der Waals surface area (Å²) in [4.78, 5) is 34.8. The van der Waals surface area contributed by atoms with E-state index in [0.717, 1.165) is 18.7 Å². The molecule has 0 aromatic carbocycles. The molecule has 1 amide bonds. The minimum atomic E-state index is -0.615. The number of halogens is 1. The first-order valence-corrected chi connectivity index (χ1v) is 10.5. The molecule has 2 unspecified atom stereocenters. The summed E-state index contributed by atoms with van der Waals surface area (Å²) in [7, 11) is 1.49. The molecule has 1 saturated heterocycles. The number of nitrogens with one attached hydrogen (secondary N) is 2. The van der Waals surface area contributed by atoms with Crippen LogP contribution in [0.5, 0.6) is 0 Å². The highest BCUT2D eigenvalue weighted by atomic mass is 19.1. The van der Waals surface area contributed by atoms with E-state index < -0.39 is 11.9 Å². The van der Waals surface area contributed by atoms with E-state index in [9.17, 15) is 14.0 Å². The van der Waals surface area contributed by atoms with Gasteiger partial charge in [-0.2, -0.15) is 9.49 Å². The minimum absolute atomic E-state index is 0.0737. The topological polar surface area (TPSA) is 98.6 Å². The van der Waals surface area contributed by atoms with Gasteiger partial charge in [0.15, 0.2) is 0 Å². The second-order valence-corrected chi connectivity index (χ2v) is 8.05. The van der Waals surface area contributed by atoms with E-state index in [1.807, 2.05) is 17.9 Å². The standard InChI is InChI=1S/C21H24FN7O2/c1-3-12-10-29-18(25-20(12)30)8-13(26-29)11-27-6-7-28(17-9-16(17)27)15-5-4-14(21(31)23-2)24-19(15)22/h4-5,8,10,16-17H,3,6-7,9,11H2,1-2H3,(H,23,31)(H,25,30). The van der Waals surface area contributed by atoms with Gasteiger partial charge < -0.3 is 15.2 Å². The Kier molecular flexibility index (Phi) is 4.73. The first kappa shape index (κ1) is 19.7. The minimum Gasteiger partial charge on any atom is -0.362 e. The average molecular weight is 425 g/mol. The Morgan fingerprint density at radius 3 is 2.90 bits per heavy atom. The van der Waals surface area contributed by atoms with Crippen LogP contribution in [0.1, 0.15) is 35.1 Å². The SMILES string of the molecule is CCc1cn2nc(CN3CCN(c4ccc(C(=O)NC)nc4F)C4CC43)cc2[nH]c1=O. The lowest BCUT2D eigenvalue weighted by Crippen LogP contribution is -2.46. The van der Waals surface area contributed by atoms with E-state index in [1.54, 1.807) is 22.8 Å². The normalized spacial score (nSPS) is 20.7. The van der Waals surface area contributed by atoms with Crippen molar-refractivity contribution >= 4 is 17.2 Å². The number of aromatic nitrogens is 4. The van der Waals surface area contributed by atoms with Crippen molar-refractivity contribution in [2.24, 2.45) is 0 Å². The van der Waals surface area contributed by atoms with Crippen molar-refractivity contribution in [3.05, 3.63) is 57.6 Å². The number of rotatable bonds is 5. The Labute approximate surface area is 177 Å². The number of anilines is 1. The van der Waals surface area contributed by atoms with Gasteiger partial charge in [0.05, 0.1) is 11.4 Å². The zero-order chi connectivity index (χ0) is 21.7. The van der Waals surface area contributed by atoms with Crippen molar-refractivity contribution in [1.82, 2.24) is 29.8 Å². The summed E-state index contributed by atoms with van der Waals surface area (Å²) in [5.41, 5.74) is 2.73. The van der Waals surface area contributed by atoms with Crippen LogP contribution in [0.25, 0.3) is 5.65 Å². The molecule has 5 rings (SSSR count). The molecule has 9 nitrogen and oxygen atoms in total. The lowest BCUT2D eigenvalue weighted by molar-refractivity contribution is 0.0957. The molecule has 3 aromatic heterocycles. The molecule has 2 fully saturated rings. The van der Waals surface area contributed by atoms with Crippen molar-refractivity contribution in [3.8, 4) is 0 Å². The van der Waals surface area contributed by atoms with Crippen LogP contribution in [-0.2, 0) is 13.0 Å². The molecule has 1 aliphatic heterocycles. The maximum atomic E-state index is 14.6. The fourth-order valence-electron chi connectivity index (χ4n) is 4.43. The number of hydrogen-bond acceptors (Lipinski definition) is 6. The maximum absolute atomic E-state index is 14.6. The summed E-state index contributed by atoms with van der Waals surface area (Å²) < 4.78 is 16.3. The van der Waals surface area contributed by atoms with Crippen LogP contribution >= 0.6 is 0 Å². The Balaban J connectivity index is 1.30. The Hall–Kier alpha value is -3.27. The molecule has 2 N–H and O–H groups in total. The summed E-state index contributed by atoms with van der Waals surface area (Å²) >= 11 is 0. The van der Waals surface area contributed by atoms with Crippen LogP contribution in [0, 0.1) is 5.95 Å². The molecule has 3 aromatic rings. The number of aryl methyl sites for hydroxylation is 1. The summed E-state index contributed by atoms with van der Waals surface area (Å²) in [5.74, 6) is -1.02. The largest absolute Gasteiger partial charge is 0.362 e. The highest BCUT2D eigenvalue weighted by molar-refractivity contribution is 5.92. The van der Waals surface area contributed by atoms with Crippen LogP contribution in [-0.4, -0.2) is 62.6 Å². The van der Waals surface area contributed by atoms with Crippen molar-refractivity contribution in [2.45, 2.75) is 38.4 Å². The van der Waals surface area contributed by atoms with Crippen LogP contribution in [0.15, 0.2) is 29.2 Å². The number of pyridine rings is 1. The summed E-state index contributed by atoms with van der Waals surface area (Å²) in [5, 5.41) is 7.08. The van der Waals surface area contributed by atoms with E-state index in [0.29, 0.717) is 42.5 Å². The number of amides is 1. The number of nitrogens with zero attached hydrogens (tertiary/aromatic N) is 5. The highest BCUT2D eigenvalue weighted by Gasteiger charge is 2.49. The van der Waals surface area contributed by atoms with Gasteiger partial charge in [0.2, 0.25) is 5.95 Å². The Bertz CT molecular complexity index is 1220. The average Bonchev–Trinajstić information content (AvgIpc) is 3.48. The summed E-state index contributed by atoms with van der Waals surface area (Å²) in [6, 6.07) is 5.65. The van der Waals surface area contributed by atoms with Crippen molar-refractivity contribution in [3.63, 3.8) is 0 Å². The quantitative estimate of drug-likeness (QED) is 0.591. The first-order valence-electron chi connectivity index (χ1n) is 10.5. The molecule has 162 valence electrons. The Morgan fingerprint density at radius 1 is 1.32 bits per heavy atom. The third-order valence-corrected chi connectivity index (χ3v) is 6.16. The third-order valence-electron chi connectivity index (χ3n) is 6.16. The van der Waals surface area contributed by atoms with Gasteiger partial charge in [-0.3, -0.25) is 14.5 Å². The van der Waals surface area contributed by atoms with Crippen LogP contribution in [0.2, 0.25) is 0 Å². The monoisotopic (exact) mass is 425 g/mol. The van der Waals surface area contributed by atoms with Gasteiger partial charge in [-0.25, -0.2) is 9.50 Å². The molecular formula is C21H24FN7O2. The predicted molar refractivity (Wildman–Crippen MR) is 113 cm³/mol. The predicted octanol–water partition coefficient (Wildman–Crippen LogP) is 0.942. The van der Waals surface area contributed by atoms with Crippen LogP contribution in [0.4, 0.5) is 10.1 Å². The first-order chi connectivity index (χ1) is 15.0. The molecule has 1 aliphatic carbocycles. The van der Waals surface area contributed by atoms with Crippen molar-refractivity contribution in [1.29, 1.82) is 0 Å². The van der Waals surface area contributed by atoms with Gasteiger partial charge in [0, 0.05) is 56.6 Å².